The quantitative estimate of drug-likeness (QED) is 0.124. The molecule has 0 amide bonds. The minimum absolute atomic E-state index is 0.134. The Morgan fingerprint density at radius 2 is 1.10 bits per heavy atom. The third-order valence-electron chi connectivity index (χ3n) is 4.59. The lowest BCUT2D eigenvalue weighted by molar-refractivity contribution is 0.401. The first kappa shape index (κ1) is 21.3. The lowest BCUT2D eigenvalue weighted by Crippen LogP contribution is -2.41. The average Bonchev–Trinajstić information content (AvgIpc) is 2.72. The molecule has 0 aliphatic heterocycles. The number of aromatic hydroxyl groups is 5. The third kappa shape index (κ3) is 3.08. The Balaban J connectivity index is 2.52. The van der Waals surface area contributed by atoms with E-state index in [0.717, 1.165) is 4.90 Å². The molecule has 0 unspecified atom stereocenters. The maximum atomic E-state index is 10.6. The summed E-state index contributed by atoms with van der Waals surface area (Å²) in [6.07, 6.45) is 0. The fourth-order valence-electron chi connectivity index (χ4n) is 2.97. The highest BCUT2D eigenvalue weighted by atomic mass is 16.3. The summed E-state index contributed by atoms with van der Waals surface area (Å²) in [4.78, 5) is 0.983. The van der Waals surface area contributed by atoms with Crippen LogP contribution in [0.5, 0.6) is 28.7 Å². The standard InChI is InChI=1S/C18H11B5N2O5/c19-7-8(20)12(17(29)15(27)9(7)21)25(6-3-1-2-5(24)4-6)13-14(26)10(22)11(23)16(28)18(13)30/h1-4,26-30H,24H2. The number of phenols is 5. The summed E-state index contributed by atoms with van der Waals surface area (Å²) in [7, 11) is 28.9. The zero-order valence-electron chi connectivity index (χ0n) is 15.5. The molecule has 0 bridgehead atoms. The predicted molar refractivity (Wildman–Crippen MR) is 121 cm³/mol. The normalized spacial score (nSPS) is 10.8. The van der Waals surface area contributed by atoms with Crippen molar-refractivity contribution in [3.05, 3.63) is 24.3 Å². The number of hydrogen-bond donors (Lipinski definition) is 6. The molecule has 30 heavy (non-hydrogen) atoms. The second-order valence-electron chi connectivity index (χ2n) is 6.44. The number of rotatable bonds is 3. The third-order valence-corrected chi connectivity index (χ3v) is 4.59. The Kier molecular flexibility index (Phi) is 5.28. The van der Waals surface area contributed by atoms with E-state index in [1.807, 2.05) is 0 Å². The molecule has 7 N–H and O–H groups in total. The Morgan fingerprint density at radius 1 is 0.600 bits per heavy atom. The molecule has 3 rings (SSSR count). The summed E-state index contributed by atoms with van der Waals surface area (Å²) in [5.41, 5.74) is 3.44. The van der Waals surface area contributed by atoms with Crippen molar-refractivity contribution >= 4 is 89.3 Å². The van der Waals surface area contributed by atoms with Crippen LogP contribution in [0.4, 0.5) is 22.7 Å². The smallest absolute Gasteiger partial charge is 0.185 e. The van der Waals surface area contributed by atoms with Gasteiger partial charge in [0, 0.05) is 11.4 Å². The molecule has 0 spiro atoms. The van der Waals surface area contributed by atoms with Crippen molar-refractivity contribution in [1.29, 1.82) is 0 Å². The van der Waals surface area contributed by atoms with Crippen LogP contribution < -0.4 is 37.9 Å². The van der Waals surface area contributed by atoms with Gasteiger partial charge < -0.3 is 36.2 Å². The van der Waals surface area contributed by atoms with Crippen molar-refractivity contribution in [2.24, 2.45) is 0 Å². The minimum atomic E-state index is -0.893. The van der Waals surface area contributed by atoms with Crippen molar-refractivity contribution in [2.45, 2.75) is 0 Å². The van der Waals surface area contributed by atoms with Crippen molar-refractivity contribution in [3.63, 3.8) is 0 Å². The van der Waals surface area contributed by atoms with Crippen LogP contribution in [0.25, 0.3) is 0 Å². The number of nitrogens with zero attached hydrogens (tertiary/aromatic N) is 1. The van der Waals surface area contributed by atoms with E-state index in [1.165, 1.54) is 18.2 Å². The number of hydrogen-bond acceptors (Lipinski definition) is 7. The molecular formula is C18H11B5N2O5. The zero-order valence-corrected chi connectivity index (χ0v) is 15.5. The molecule has 0 saturated carbocycles. The van der Waals surface area contributed by atoms with Gasteiger partial charge in [-0.15, -0.1) is 5.46 Å². The number of anilines is 4. The summed E-state index contributed by atoms with van der Waals surface area (Å²) in [6, 6.07) is 5.94. The van der Waals surface area contributed by atoms with Gasteiger partial charge in [0.2, 0.25) is 0 Å². The lowest BCUT2D eigenvalue weighted by atomic mass is 9.70. The van der Waals surface area contributed by atoms with E-state index in [-0.39, 0.29) is 33.5 Å². The van der Waals surface area contributed by atoms with Gasteiger partial charge >= 0.3 is 0 Å². The molecule has 12 heteroatoms. The molecular weight excluding hydrogens is 378 g/mol. The molecule has 138 valence electrons. The first-order valence-electron chi connectivity index (χ1n) is 8.34. The summed E-state index contributed by atoms with van der Waals surface area (Å²) in [5, 5.41) is 52.2. The maximum Gasteiger partial charge on any atom is 0.185 e. The van der Waals surface area contributed by atoms with E-state index in [2.05, 4.69) is 0 Å². The SMILES string of the molecule is [B]c1c([B])c(O)c(O)c(N(c2cccc(N)c2)c2c(O)c([B])c([B])c(O)c2O)c1[B]. The van der Waals surface area contributed by atoms with Crippen LogP contribution in [0.3, 0.4) is 0 Å². The van der Waals surface area contributed by atoms with E-state index in [4.69, 9.17) is 45.0 Å². The highest BCUT2D eigenvalue weighted by molar-refractivity contribution is 6.60. The van der Waals surface area contributed by atoms with E-state index < -0.39 is 45.4 Å². The van der Waals surface area contributed by atoms with Crippen LogP contribution >= 0.6 is 0 Å². The topological polar surface area (TPSA) is 130 Å². The van der Waals surface area contributed by atoms with Gasteiger partial charge in [0.05, 0.1) is 5.69 Å². The Hall–Kier alpha value is -3.42. The van der Waals surface area contributed by atoms with Crippen LogP contribution in [0.15, 0.2) is 24.3 Å². The van der Waals surface area contributed by atoms with Crippen molar-refractivity contribution in [1.82, 2.24) is 0 Å². The first-order valence-corrected chi connectivity index (χ1v) is 8.34. The summed E-state index contributed by atoms with van der Waals surface area (Å²) in [5.74, 6) is -4.10. The van der Waals surface area contributed by atoms with E-state index in [9.17, 15) is 25.5 Å². The Bertz CT molecular complexity index is 1060. The van der Waals surface area contributed by atoms with Crippen LogP contribution in [0.1, 0.15) is 0 Å². The number of nitrogen functional groups attached to an aromatic ring is 1. The fraction of sp³-hybridized carbons (Fsp3) is 0. The highest BCUT2D eigenvalue weighted by Crippen LogP contribution is 2.49. The average molecular weight is 389 g/mol. The molecule has 0 fully saturated rings. The summed E-state index contributed by atoms with van der Waals surface area (Å²) < 4.78 is 0. The zero-order chi connectivity index (χ0) is 22.5. The monoisotopic (exact) mass is 390 g/mol. The van der Waals surface area contributed by atoms with Gasteiger partial charge in [0.15, 0.2) is 23.0 Å². The van der Waals surface area contributed by atoms with Crippen LogP contribution in [-0.2, 0) is 0 Å². The van der Waals surface area contributed by atoms with Gasteiger partial charge in [-0.3, -0.25) is 0 Å². The van der Waals surface area contributed by atoms with Crippen LogP contribution in [0, 0.1) is 0 Å². The van der Waals surface area contributed by atoms with Gasteiger partial charge in [-0.1, -0.05) is 27.9 Å². The first-order chi connectivity index (χ1) is 14.0. The number of phenolic OH excluding ortho intramolecular Hbond substituents is 5. The molecule has 3 aromatic carbocycles. The largest absolute Gasteiger partial charge is 0.506 e. The Morgan fingerprint density at radius 3 is 1.67 bits per heavy atom. The Labute approximate surface area is 178 Å². The lowest BCUT2D eigenvalue weighted by Gasteiger charge is -2.32. The predicted octanol–water partition coefficient (Wildman–Crippen LogP) is -2.76. The van der Waals surface area contributed by atoms with Crippen molar-refractivity contribution in [2.75, 3.05) is 10.6 Å². The van der Waals surface area contributed by atoms with Crippen molar-refractivity contribution < 1.29 is 25.5 Å². The van der Waals surface area contributed by atoms with Crippen molar-refractivity contribution in [3.8, 4) is 28.7 Å². The van der Waals surface area contributed by atoms with Crippen LogP contribution in [-0.4, -0.2) is 64.8 Å². The van der Waals surface area contributed by atoms with Gasteiger partial charge in [-0.05, 0) is 18.2 Å². The highest BCUT2D eigenvalue weighted by Gasteiger charge is 2.30. The molecule has 0 atom stereocenters. The second-order valence-corrected chi connectivity index (χ2v) is 6.44. The van der Waals surface area contributed by atoms with E-state index >= 15 is 0 Å². The molecule has 0 aliphatic rings. The second kappa shape index (κ2) is 7.44. The van der Waals surface area contributed by atoms with Gasteiger partial charge in [-0.25, -0.2) is 0 Å². The molecule has 7 nitrogen and oxygen atoms in total. The molecule has 10 radical (unpaired) electrons. The molecule has 0 aliphatic carbocycles. The summed E-state index contributed by atoms with van der Waals surface area (Å²) in [6.45, 7) is 0. The summed E-state index contributed by atoms with van der Waals surface area (Å²) >= 11 is 0. The van der Waals surface area contributed by atoms with Gasteiger partial charge in [0.1, 0.15) is 50.7 Å². The molecule has 0 saturated heterocycles. The van der Waals surface area contributed by atoms with Gasteiger partial charge in [0.25, 0.3) is 0 Å². The fourth-order valence-corrected chi connectivity index (χ4v) is 2.97. The number of nitrogens with two attached hydrogens (primary N) is 1. The minimum Gasteiger partial charge on any atom is -0.506 e. The van der Waals surface area contributed by atoms with E-state index in [1.54, 1.807) is 6.07 Å². The van der Waals surface area contributed by atoms with Crippen LogP contribution in [0.2, 0.25) is 0 Å². The maximum absolute atomic E-state index is 10.6. The molecule has 0 aromatic heterocycles. The molecule has 0 heterocycles. The van der Waals surface area contributed by atoms with E-state index in [0.29, 0.717) is 0 Å². The van der Waals surface area contributed by atoms with Gasteiger partial charge in [-0.2, -0.15) is 0 Å². The number of benzene rings is 3. The molecule has 3 aromatic rings.